The van der Waals surface area contributed by atoms with Crippen LogP contribution >= 0.6 is 0 Å². The van der Waals surface area contributed by atoms with Crippen LogP contribution < -0.4 is 10.6 Å². The molecule has 1 aliphatic carbocycles. The van der Waals surface area contributed by atoms with E-state index in [4.69, 9.17) is 14.2 Å². The Bertz CT molecular complexity index is 943. The van der Waals surface area contributed by atoms with Crippen LogP contribution in [0.3, 0.4) is 0 Å². The van der Waals surface area contributed by atoms with Crippen LogP contribution in [-0.4, -0.2) is 69.2 Å². The largest absolute Gasteiger partial charge is 0.481 e. The van der Waals surface area contributed by atoms with E-state index >= 15 is 0 Å². The average Bonchev–Trinajstić information content (AvgIpc) is 3.11. The topological polar surface area (TPSA) is 123 Å². The number of fused-ring (bicyclic) bond motifs is 3. The zero-order valence-electron chi connectivity index (χ0n) is 18.6. The van der Waals surface area contributed by atoms with Crippen LogP contribution in [0, 0.1) is 0 Å². The minimum atomic E-state index is -1.31. The highest BCUT2D eigenvalue weighted by atomic mass is 16.5. The average molecular weight is 456 g/mol. The summed E-state index contributed by atoms with van der Waals surface area (Å²) < 4.78 is 15.5. The van der Waals surface area contributed by atoms with Crippen LogP contribution in [0.25, 0.3) is 11.1 Å². The number of rotatable bonds is 11. The molecule has 2 amide bonds. The first-order valence-electron chi connectivity index (χ1n) is 10.6. The zero-order valence-corrected chi connectivity index (χ0v) is 18.6. The molecule has 0 aromatic heterocycles. The third kappa shape index (κ3) is 6.09. The van der Waals surface area contributed by atoms with E-state index in [0.29, 0.717) is 0 Å². The van der Waals surface area contributed by atoms with E-state index in [2.05, 4.69) is 10.6 Å². The molecule has 3 N–H and O–H groups in total. The molecular formula is C24H28N2O7. The lowest BCUT2D eigenvalue weighted by atomic mass is 9.98. The number of benzene rings is 2. The quantitative estimate of drug-likeness (QED) is 0.473. The van der Waals surface area contributed by atoms with Crippen LogP contribution in [0.5, 0.6) is 0 Å². The second-order valence-electron chi connectivity index (χ2n) is 7.74. The molecule has 2 aromatic carbocycles. The van der Waals surface area contributed by atoms with Gasteiger partial charge in [0.1, 0.15) is 12.6 Å². The molecule has 9 nitrogen and oxygen atoms in total. The number of carboxylic acids is 1. The summed E-state index contributed by atoms with van der Waals surface area (Å²) in [7, 11) is 2.94. The summed E-state index contributed by atoms with van der Waals surface area (Å²) in [6.07, 6.45) is -1.46. The summed E-state index contributed by atoms with van der Waals surface area (Å²) in [4.78, 5) is 36.4. The molecule has 0 bridgehead atoms. The summed E-state index contributed by atoms with van der Waals surface area (Å²) in [5.74, 6) is -2.04. The number of ether oxygens (including phenoxy) is 3. The fourth-order valence-electron chi connectivity index (χ4n) is 4.00. The van der Waals surface area contributed by atoms with Gasteiger partial charge in [0, 0.05) is 20.1 Å². The summed E-state index contributed by atoms with van der Waals surface area (Å²) in [6, 6.07) is 14.0. The fourth-order valence-corrected chi connectivity index (χ4v) is 4.00. The van der Waals surface area contributed by atoms with Crippen molar-refractivity contribution in [3.8, 4) is 11.1 Å². The molecule has 1 unspecified atom stereocenters. The van der Waals surface area contributed by atoms with E-state index < -0.39 is 36.5 Å². The number of methoxy groups -OCH3 is 2. The number of carbonyl (C=O) groups excluding carboxylic acids is 2. The van der Waals surface area contributed by atoms with Gasteiger partial charge in [-0.15, -0.1) is 0 Å². The minimum absolute atomic E-state index is 0.0528. The van der Waals surface area contributed by atoms with Crippen molar-refractivity contribution in [2.24, 2.45) is 0 Å². The molecule has 33 heavy (non-hydrogen) atoms. The molecule has 0 spiro atoms. The Morgan fingerprint density at radius 2 is 1.45 bits per heavy atom. The summed E-state index contributed by atoms with van der Waals surface area (Å²) in [5, 5.41) is 14.2. The number of hydrogen-bond acceptors (Lipinski definition) is 6. The van der Waals surface area contributed by atoms with Crippen molar-refractivity contribution in [2.75, 3.05) is 34.0 Å². The Labute approximate surface area is 192 Å². The molecule has 0 saturated heterocycles. The molecule has 3 rings (SSSR count). The fraction of sp³-hybridized carbons (Fsp3) is 0.375. The molecule has 9 heteroatoms. The molecule has 1 atom stereocenters. The number of carbonyl (C=O) groups is 3. The van der Waals surface area contributed by atoms with Crippen molar-refractivity contribution in [2.45, 2.75) is 24.4 Å². The SMILES string of the molecule is COCC(COC)NC(=O)C(CC(=O)O)NC(=O)OCC1c2ccccc2-c2ccccc21. The van der Waals surface area contributed by atoms with Crippen molar-refractivity contribution < 1.29 is 33.7 Å². The molecular weight excluding hydrogens is 428 g/mol. The summed E-state index contributed by atoms with van der Waals surface area (Å²) >= 11 is 0. The Hall–Kier alpha value is -3.43. The van der Waals surface area contributed by atoms with Gasteiger partial charge >= 0.3 is 12.1 Å². The highest BCUT2D eigenvalue weighted by Gasteiger charge is 2.30. The van der Waals surface area contributed by atoms with Gasteiger partial charge in [0.15, 0.2) is 0 Å². The van der Waals surface area contributed by atoms with Gasteiger partial charge in [0.25, 0.3) is 0 Å². The second-order valence-corrected chi connectivity index (χ2v) is 7.74. The lowest BCUT2D eigenvalue weighted by molar-refractivity contribution is -0.140. The first kappa shape index (κ1) is 24.2. The van der Waals surface area contributed by atoms with Gasteiger partial charge in [-0.05, 0) is 22.3 Å². The number of alkyl carbamates (subject to hydrolysis) is 1. The third-order valence-corrected chi connectivity index (χ3v) is 5.41. The van der Waals surface area contributed by atoms with Crippen molar-refractivity contribution in [3.63, 3.8) is 0 Å². The first-order valence-corrected chi connectivity index (χ1v) is 10.6. The minimum Gasteiger partial charge on any atom is -0.481 e. The van der Waals surface area contributed by atoms with Crippen LogP contribution in [0.4, 0.5) is 4.79 Å². The van der Waals surface area contributed by atoms with Crippen molar-refractivity contribution in [1.82, 2.24) is 10.6 Å². The normalized spacial score (nSPS) is 13.2. The Morgan fingerprint density at radius 3 is 1.97 bits per heavy atom. The van der Waals surface area contributed by atoms with E-state index in [-0.39, 0.29) is 25.7 Å². The molecule has 0 fully saturated rings. The number of hydrogen-bond donors (Lipinski definition) is 3. The predicted octanol–water partition coefficient (Wildman–Crippen LogP) is 2.15. The van der Waals surface area contributed by atoms with E-state index in [0.717, 1.165) is 22.3 Å². The van der Waals surface area contributed by atoms with Gasteiger partial charge < -0.3 is 30.0 Å². The molecule has 0 aliphatic heterocycles. The highest BCUT2D eigenvalue weighted by Crippen LogP contribution is 2.44. The van der Waals surface area contributed by atoms with E-state index in [1.165, 1.54) is 14.2 Å². The van der Waals surface area contributed by atoms with Crippen LogP contribution in [0.1, 0.15) is 23.5 Å². The van der Waals surface area contributed by atoms with Crippen molar-refractivity contribution in [3.05, 3.63) is 59.7 Å². The van der Waals surface area contributed by atoms with E-state index in [1.807, 2.05) is 48.5 Å². The predicted molar refractivity (Wildman–Crippen MR) is 120 cm³/mol. The number of amides is 2. The molecule has 0 heterocycles. The summed E-state index contributed by atoms with van der Waals surface area (Å²) in [6.45, 7) is 0.395. The van der Waals surface area contributed by atoms with Gasteiger partial charge in [-0.1, -0.05) is 48.5 Å². The number of carboxylic acid groups (broad SMARTS) is 1. The van der Waals surface area contributed by atoms with Gasteiger partial charge in [0.2, 0.25) is 5.91 Å². The lowest BCUT2D eigenvalue weighted by Crippen LogP contribution is -2.52. The van der Waals surface area contributed by atoms with Crippen LogP contribution in [0.15, 0.2) is 48.5 Å². The van der Waals surface area contributed by atoms with Crippen molar-refractivity contribution >= 4 is 18.0 Å². The second kappa shape index (κ2) is 11.4. The molecule has 0 radical (unpaired) electrons. The first-order chi connectivity index (χ1) is 15.9. The smallest absolute Gasteiger partial charge is 0.407 e. The Balaban J connectivity index is 1.65. The van der Waals surface area contributed by atoms with Gasteiger partial charge in [0.05, 0.1) is 25.7 Å². The van der Waals surface area contributed by atoms with E-state index in [9.17, 15) is 19.5 Å². The number of nitrogens with one attached hydrogen (secondary N) is 2. The maximum Gasteiger partial charge on any atom is 0.407 e. The van der Waals surface area contributed by atoms with Gasteiger partial charge in [-0.2, -0.15) is 0 Å². The lowest BCUT2D eigenvalue weighted by Gasteiger charge is -2.22. The molecule has 0 saturated carbocycles. The third-order valence-electron chi connectivity index (χ3n) is 5.41. The zero-order chi connectivity index (χ0) is 23.8. The maximum atomic E-state index is 12.6. The molecule has 176 valence electrons. The standard InChI is InChI=1S/C24H28N2O7/c1-31-12-15(13-32-2)25-23(29)21(11-22(27)28)26-24(30)33-14-20-18-9-5-3-7-16(18)17-8-4-6-10-19(17)20/h3-10,15,20-21H,11-14H2,1-2H3,(H,25,29)(H,26,30)(H,27,28). The number of aliphatic carboxylic acids is 1. The molecule has 1 aliphatic rings. The summed E-state index contributed by atoms with van der Waals surface area (Å²) in [5.41, 5.74) is 4.28. The van der Waals surface area contributed by atoms with E-state index in [1.54, 1.807) is 0 Å². The monoisotopic (exact) mass is 456 g/mol. The van der Waals surface area contributed by atoms with Gasteiger partial charge in [-0.3, -0.25) is 9.59 Å². The van der Waals surface area contributed by atoms with Crippen LogP contribution in [-0.2, 0) is 23.8 Å². The Morgan fingerprint density at radius 1 is 0.909 bits per heavy atom. The van der Waals surface area contributed by atoms with Gasteiger partial charge in [-0.25, -0.2) is 4.79 Å². The van der Waals surface area contributed by atoms with Crippen LogP contribution in [0.2, 0.25) is 0 Å². The highest BCUT2D eigenvalue weighted by molar-refractivity contribution is 5.89. The van der Waals surface area contributed by atoms with Crippen molar-refractivity contribution in [1.29, 1.82) is 0 Å². The maximum absolute atomic E-state index is 12.6. The molecule has 2 aromatic rings. The Kier molecular flexibility index (Phi) is 8.39.